The van der Waals surface area contributed by atoms with Crippen LogP contribution in [0.15, 0.2) is 41.3 Å². The lowest BCUT2D eigenvalue weighted by Gasteiger charge is -2.32. The normalized spacial score (nSPS) is 15.3. The number of nitrogens with zero attached hydrogens (tertiary/aromatic N) is 1. The number of para-hydroxylation sites is 1. The summed E-state index contributed by atoms with van der Waals surface area (Å²) in [5, 5.41) is 0. The molecule has 1 aromatic heterocycles. The van der Waals surface area contributed by atoms with Crippen LogP contribution >= 0.6 is 0 Å². The van der Waals surface area contributed by atoms with E-state index in [9.17, 15) is 9.59 Å². The number of rotatable bonds is 3. The van der Waals surface area contributed by atoms with Gasteiger partial charge in [-0.1, -0.05) is 12.1 Å². The summed E-state index contributed by atoms with van der Waals surface area (Å²) in [6.45, 7) is 3.32. The minimum absolute atomic E-state index is 0.0138. The third-order valence-corrected chi connectivity index (χ3v) is 4.70. The smallest absolute Gasteiger partial charge is 0.257 e. The second-order valence-electron chi connectivity index (χ2n) is 6.21. The van der Waals surface area contributed by atoms with Crippen molar-refractivity contribution in [3.8, 4) is 5.75 Å². The average molecular weight is 326 g/mol. The number of hydrogen-bond acceptors (Lipinski definition) is 3. The van der Waals surface area contributed by atoms with Crippen LogP contribution < -0.4 is 10.3 Å². The van der Waals surface area contributed by atoms with Gasteiger partial charge in [0.15, 0.2) is 0 Å². The SMILES string of the molecule is COc1c(C)cccc1C(=O)N1CCC(c2cc[nH]c(=O)c2)CC1. The van der Waals surface area contributed by atoms with Crippen LogP contribution in [-0.2, 0) is 0 Å². The van der Waals surface area contributed by atoms with Crippen molar-refractivity contribution in [3.63, 3.8) is 0 Å². The third-order valence-electron chi connectivity index (χ3n) is 4.70. The molecule has 0 aliphatic carbocycles. The Bertz CT molecular complexity index is 789. The van der Waals surface area contributed by atoms with Crippen molar-refractivity contribution in [2.75, 3.05) is 20.2 Å². The number of hydrogen-bond donors (Lipinski definition) is 1. The molecule has 3 rings (SSSR count). The highest BCUT2D eigenvalue weighted by Gasteiger charge is 2.26. The number of piperidine rings is 1. The molecule has 0 atom stereocenters. The highest BCUT2D eigenvalue weighted by Crippen LogP contribution is 2.30. The lowest BCUT2D eigenvalue weighted by atomic mass is 9.90. The van der Waals surface area contributed by atoms with Crippen LogP contribution in [0, 0.1) is 6.92 Å². The van der Waals surface area contributed by atoms with E-state index >= 15 is 0 Å². The molecular formula is C19H22N2O3. The number of amides is 1. The summed E-state index contributed by atoms with van der Waals surface area (Å²) in [7, 11) is 1.60. The van der Waals surface area contributed by atoms with Crippen molar-refractivity contribution in [2.45, 2.75) is 25.7 Å². The van der Waals surface area contributed by atoms with E-state index in [4.69, 9.17) is 4.74 Å². The summed E-state index contributed by atoms with van der Waals surface area (Å²) in [5.74, 6) is 0.995. The number of carbonyl (C=O) groups excluding carboxylic acids is 1. The minimum Gasteiger partial charge on any atom is -0.496 e. The van der Waals surface area contributed by atoms with Gasteiger partial charge in [-0.2, -0.15) is 0 Å². The van der Waals surface area contributed by atoms with Crippen molar-refractivity contribution in [3.05, 3.63) is 63.6 Å². The molecule has 5 heteroatoms. The molecule has 126 valence electrons. The molecule has 1 aromatic carbocycles. The van der Waals surface area contributed by atoms with Gasteiger partial charge in [-0.05, 0) is 48.9 Å². The van der Waals surface area contributed by atoms with Gasteiger partial charge >= 0.3 is 0 Å². The van der Waals surface area contributed by atoms with Crippen LogP contribution in [0.5, 0.6) is 5.75 Å². The van der Waals surface area contributed by atoms with Crippen molar-refractivity contribution in [1.82, 2.24) is 9.88 Å². The Morgan fingerprint density at radius 3 is 2.67 bits per heavy atom. The number of aryl methyl sites for hydroxylation is 1. The molecule has 0 unspecified atom stereocenters. The predicted octanol–water partition coefficient (Wildman–Crippen LogP) is 2.71. The fraction of sp³-hybridized carbons (Fsp3) is 0.368. The van der Waals surface area contributed by atoms with E-state index in [1.165, 1.54) is 0 Å². The lowest BCUT2D eigenvalue weighted by Crippen LogP contribution is -2.38. The van der Waals surface area contributed by atoms with Crippen molar-refractivity contribution < 1.29 is 9.53 Å². The van der Waals surface area contributed by atoms with E-state index in [-0.39, 0.29) is 11.5 Å². The summed E-state index contributed by atoms with van der Waals surface area (Å²) in [5.41, 5.74) is 2.56. The number of aromatic nitrogens is 1. The number of benzene rings is 1. The highest BCUT2D eigenvalue weighted by molar-refractivity contribution is 5.97. The maximum Gasteiger partial charge on any atom is 0.257 e. The zero-order valence-corrected chi connectivity index (χ0v) is 14.0. The monoisotopic (exact) mass is 326 g/mol. The van der Waals surface area contributed by atoms with Crippen LogP contribution in [0.2, 0.25) is 0 Å². The predicted molar refractivity (Wildman–Crippen MR) is 92.7 cm³/mol. The quantitative estimate of drug-likeness (QED) is 0.943. The fourth-order valence-electron chi connectivity index (χ4n) is 3.39. The van der Waals surface area contributed by atoms with Gasteiger partial charge in [0, 0.05) is 25.4 Å². The molecule has 0 radical (unpaired) electrons. The number of likely N-dealkylation sites (tertiary alicyclic amines) is 1. The summed E-state index contributed by atoms with van der Waals surface area (Å²) < 4.78 is 5.41. The van der Waals surface area contributed by atoms with E-state index < -0.39 is 0 Å². The van der Waals surface area contributed by atoms with Gasteiger partial charge in [-0.25, -0.2) is 0 Å². The van der Waals surface area contributed by atoms with Gasteiger partial charge in [0.1, 0.15) is 5.75 Å². The van der Waals surface area contributed by atoms with E-state index in [2.05, 4.69) is 4.98 Å². The molecule has 2 aromatic rings. The first-order valence-corrected chi connectivity index (χ1v) is 8.21. The second kappa shape index (κ2) is 6.91. The number of H-pyrrole nitrogens is 1. The Kier molecular flexibility index (Phi) is 4.69. The number of ether oxygens (including phenoxy) is 1. The van der Waals surface area contributed by atoms with Crippen molar-refractivity contribution in [2.24, 2.45) is 0 Å². The van der Waals surface area contributed by atoms with Gasteiger partial charge in [0.25, 0.3) is 5.91 Å². The third kappa shape index (κ3) is 3.20. The molecule has 5 nitrogen and oxygen atoms in total. The Balaban J connectivity index is 1.72. The molecule has 24 heavy (non-hydrogen) atoms. The maximum atomic E-state index is 12.8. The first-order chi connectivity index (χ1) is 11.6. The molecule has 0 saturated carbocycles. The number of aromatic amines is 1. The first-order valence-electron chi connectivity index (χ1n) is 8.21. The zero-order chi connectivity index (χ0) is 17.1. The van der Waals surface area contributed by atoms with E-state index in [1.54, 1.807) is 19.4 Å². The molecule has 1 N–H and O–H groups in total. The van der Waals surface area contributed by atoms with Gasteiger partial charge in [-0.3, -0.25) is 9.59 Å². The topological polar surface area (TPSA) is 62.4 Å². The van der Waals surface area contributed by atoms with Crippen molar-refractivity contribution in [1.29, 1.82) is 0 Å². The highest BCUT2D eigenvalue weighted by atomic mass is 16.5. The molecule has 0 bridgehead atoms. The van der Waals surface area contributed by atoms with E-state index in [0.29, 0.717) is 30.3 Å². The number of methoxy groups -OCH3 is 1. The molecular weight excluding hydrogens is 304 g/mol. The van der Waals surface area contributed by atoms with E-state index in [1.807, 2.05) is 36.1 Å². The number of nitrogens with one attached hydrogen (secondary N) is 1. The molecule has 1 amide bonds. The standard InChI is InChI=1S/C19H22N2O3/c1-13-4-3-5-16(18(13)24-2)19(23)21-10-7-14(8-11-21)15-6-9-20-17(22)12-15/h3-6,9,12,14H,7-8,10-11H2,1-2H3,(H,20,22). The zero-order valence-electron chi connectivity index (χ0n) is 14.0. The number of carbonyl (C=O) groups is 1. The maximum absolute atomic E-state index is 12.8. The summed E-state index contributed by atoms with van der Waals surface area (Å²) in [4.78, 5) is 28.8. The van der Waals surface area contributed by atoms with Gasteiger partial charge < -0.3 is 14.6 Å². The Hall–Kier alpha value is -2.56. The second-order valence-corrected chi connectivity index (χ2v) is 6.21. The van der Waals surface area contributed by atoms with Crippen LogP contribution in [0.3, 0.4) is 0 Å². The Labute approximate surface area is 141 Å². The summed E-state index contributed by atoms with van der Waals surface area (Å²) in [6.07, 6.45) is 3.42. The Morgan fingerprint density at radius 1 is 1.25 bits per heavy atom. The summed E-state index contributed by atoms with van der Waals surface area (Å²) in [6, 6.07) is 9.25. The average Bonchev–Trinajstić information content (AvgIpc) is 2.61. The van der Waals surface area contributed by atoms with Crippen molar-refractivity contribution >= 4 is 5.91 Å². The lowest BCUT2D eigenvalue weighted by molar-refractivity contribution is 0.0709. The fourth-order valence-corrected chi connectivity index (χ4v) is 3.39. The van der Waals surface area contributed by atoms with Crippen LogP contribution in [0.4, 0.5) is 0 Å². The molecule has 1 aliphatic rings. The molecule has 1 aliphatic heterocycles. The largest absolute Gasteiger partial charge is 0.496 e. The summed E-state index contributed by atoms with van der Waals surface area (Å²) >= 11 is 0. The molecule has 2 heterocycles. The number of pyridine rings is 1. The van der Waals surface area contributed by atoms with Gasteiger partial charge in [0.2, 0.25) is 5.56 Å². The molecule has 1 fully saturated rings. The molecule has 0 spiro atoms. The van der Waals surface area contributed by atoms with Gasteiger partial charge in [-0.15, -0.1) is 0 Å². The van der Waals surface area contributed by atoms with Crippen LogP contribution in [0.1, 0.15) is 40.2 Å². The van der Waals surface area contributed by atoms with Crippen LogP contribution in [0.25, 0.3) is 0 Å². The first kappa shape index (κ1) is 16.3. The van der Waals surface area contributed by atoms with E-state index in [0.717, 1.165) is 24.0 Å². The Morgan fingerprint density at radius 2 is 2.00 bits per heavy atom. The van der Waals surface area contributed by atoms with Gasteiger partial charge in [0.05, 0.1) is 12.7 Å². The van der Waals surface area contributed by atoms with Crippen LogP contribution in [-0.4, -0.2) is 36.0 Å². The molecule has 1 saturated heterocycles. The minimum atomic E-state index is -0.0736.